The van der Waals surface area contributed by atoms with Crippen molar-refractivity contribution >= 4 is 23.2 Å². The minimum atomic E-state index is -4.42. The van der Waals surface area contributed by atoms with E-state index in [9.17, 15) is 18.0 Å². The van der Waals surface area contributed by atoms with Gasteiger partial charge < -0.3 is 9.74 Å². The van der Waals surface area contributed by atoms with Gasteiger partial charge >= 0.3 is 6.18 Å². The number of rotatable bonds is 6. The maximum absolute atomic E-state index is 13.1. The van der Waals surface area contributed by atoms with Gasteiger partial charge in [-0.3, -0.25) is 4.79 Å². The second kappa shape index (κ2) is 8.91. The van der Waals surface area contributed by atoms with E-state index in [4.69, 9.17) is 16.4 Å². The summed E-state index contributed by atoms with van der Waals surface area (Å²) in [6.07, 6.45) is -1.63. The van der Waals surface area contributed by atoms with Gasteiger partial charge in [-0.2, -0.15) is 13.2 Å². The van der Waals surface area contributed by atoms with Crippen LogP contribution < -0.4 is 0 Å². The molecule has 1 aliphatic carbocycles. The van der Waals surface area contributed by atoms with Gasteiger partial charge in [0.05, 0.1) is 17.8 Å². The molecule has 0 aromatic heterocycles. The van der Waals surface area contributed by atoms with Crippen molar-refractivity contribution in [3.63, 3.8) is 0 Å². The summed E-state index contributed by atoms with van der Waals surface area (Å²) < 4.78 is 39.3. The molecule has 0 spiro atoms. The molecule has 1 aliphatic heterocycles. The summed E-state index contributed by atoms with van der Waals surface area (Å²) in [6.45, 7) is 0.377. The number of halogens is 4. The van der Waals surface area contributed by atoms with Gasteiger partial charge in [-0.25, -0.2) is 0 Å². The van der Waals surface area contributed by atoms with Gasteiger partial charge in [0.25, 0.3) is 0 Å². The van der Waals surface area contributed by atoms with Crippen LogP contribution >= 0.6 is 11.6 Å². The first kappa shape index (κ1) is 21.7. The fraction of sp³-hybridized carbons (Fsp3) is 0.391. The van der Waals surface area contributed by atoms with E-state index in [1.165, 1.54) is 6.07 Å². The van der Waals surface area contributed by atoms with Crippen molar-refractivity contribution in [3.8, 4) is 0 Å². The number of carbonyl (C=O) groups is 1. The van der Waals surface area contributed by atoms with Crippen LogP contribution in [-0.4, -0.2) is 29.2 Å². The molecule has 8 heteroatoms. The van der Waals surface area contributed by atoms with Crippen LogP contribution in [0.4, 0.5) is 13.2 Å². The molecule has 31 heavy (non-hydrogen) atoms. The first-order valence-corrected chi connectivity index (χ1v) is 10.6. The van der Waals surface area contributed by atoms with E-state index >= 15 is 0 Å². The average molecular weight is 451 g/mol. The van der Waals surface area contributed by atoms with Crippen LogP contribution in [0.25, 0.3) is 0 Å². The Morgan fingerprint density at radius 1 is 1.16 bits per heavy atom. The van der Waals surface area contributed by atoms with E-state index in [1.54, 1.807) is 23.1 Å². The van der Waals surface area contributed by atoms with E-state index in [-0.39, 0.29) is 31.0 Å². The molecule has 1 amide bonds. The summed E-state index contributed by atoms with van der Waals surface area (Å²) in [5.74, 6) is -0.101. The van der Waals surface area contributed by atoms with Crippen LogP contribution in [0.5, 0.6) is 0 Å². The zero-order valence-corrected chi connectivity index (χ0v) is 17.5. The summed E-state index contributed by atoms with van der Waals surface area (Å²) in [6, 6.07) is 12.4. The van der Waals surface area contributed by atoms with E-state index in [0.29, 0.717) is 17.0 Å². The fourth-order valence-electron chi connectivity index (χ4n) is 3.80. The lowest BCUT2D eigenvalue weighted by molar-refractivity contribution is -0.140. The number of hydrogen-bond donors (Lipinski definition) is 0. The smallest absolute Gasteiger partial charge is 0.390 e. The lowest BCUT2D eigenvalue weighted by Gasteiger charge is -2.32. The molecular formula is C23H22ClF3N2O2. The Labute approximate surface area is 183 Å². The summed E-state index contributed by atoms with van der Waals surface area (Å²) >= 11 is 5.93. The quantitative estimate of drug-likeness (QED) is 0.568. The number of carbonyl (C=O) groups excluding carboxylic acids is 1. The minimum absolute atomic E-state index is 0.0350. The molecule has 1 atom stereocenters. The van der Waals surface area contributed by atoms with Crippen molar-refractivity contribution in [2.45, 2.75) is 44.5 Å². The Kier molecular flexibility index (Phi) is 6.23. The van der Waals surface area contributed by atoms with Crippen LogP contribution in [0, 0.1) is 5.92 Å². The summed E-state index contributed by atoms with van der Waals surface area (Å²) in [7, 11) is 0. The number of hydrogen-bond acceptors (Lipinski definition) is 3. The molecule has 1 heterocycles. The third-order valence-electron chi connectivity index (χ3n) is 5.73. The summed E-state index contributed by atoms with van der Waals surface area (Å²) in [5, 5.41) is 4.77. The van der Waals surface area contributed by atoms with Gasteiger partial charge in [0.1, 0.15) is 0 Å². The Hall–Kier alpha value is -2.54. The van der Waals surface area contributed by atoms with Crippen LogP contribution in [-0.2, 0) is 22.4 Å². The first-order chi connectivity index (χ1) is 14.8. The molecule has 0 N–H and O–H groups in total. The molecule has 0 bridgehead atoms. The van der Waals surface area contributed by atoms with Crippen LogP contribution in [0.1, 0.15) is 42.4 Å². The van der Waals surface area contributed by atoms with Gasteiger partial charge in [0, 0.05) is 23.9 Å². The maximum atomic E-state index is 13.1. The number of oxime groups is 1. The third kappa shape index (κ3) is 5.21. The molecule has 0 radical (unpaired) electrons. The monoisotopic (exact) mass is 450 g/mol. The molecular weight excluding hydrogens is 429 g/mol. The van der Waals surface area contributed by atoms with E-state index in [1.807, 2.05) is 12.1 Å². The second-order valence-electron chi connectivity index (χ2n) is 8.02. The molecule has 1 fully saturated rings. The maximum Gasteiger partial charge on any atom is 0.416 e. The fourth-order valence-corrected chi connectivity index (χ4v) is 3.92. The van der Waals surface area contributed by atoms with Crippen LogP contribution in [0.3, 0.4) is 0 Å². The third-order valence-corrected chi connectivity index (χ3v) is 5.98. The summed E-state index contributed by atoms with van der Waals surface area (Å²) in [5.41, 5.74) is 1.38. The van der Waals surface area contributed by atoms with Crippen molar-refractivity contribution in [3.05, 3.63) is 70.2 Å². The predicted molar refractivity (Wildman–Crippen MR) is 112 cm³/mol. The van der Waals surface area contributed by atoms with Crippen molar-refractivity contribution in [2.24, 2.45) is 11.1 Å². The first-order valence-electron chi connectivity index (χ1n) is 10.2. The number of nitrogens with zero attached hydrogens (tertiary/aromatic N) is 2. The van der Waals surface area contributed by atoms with E-state index in [0.717, 1.165) is 42.7 Å². The van der Waals surface area contributed by atoms with Gasteiger partial charge in [0.2, 0.25) is 5.91 Å². The molecule has 0 unspecified atom stereocenters. The van der Waals surface area contributed by atoms with Crippen molar-refractivity contribution in [1.29, 1.82) is 0 Å². The lowest BCUT2D eigenvalue weighted by atomic mass is 9.84. The number of alkyl halides is 3. The molecule has 4 nitrogen and oxygen atoms in total. The Balaban J connectivity index is 1.46. The zero-order valence-electron chi connectivity index (χ0n) is 16.7. The Bertz CT molecular complexity index is 972. The highest BCUT2D eigenvalue weighted by Gasteiger charge is 2.34. The Morgan fingerprint density at radius 3 is 2.55 bits per heavy atom. The standard InChI is InChI=1S/C23H22ClF3N2O2/c24-19-9-7-16(8-10-19)21-12-20(31-28-21)14-29(22(30)17-4-2-5-17)13-15-3-1-6-18(11-15)23(25,26)27/h1,3,6-11,17,20H,2,4-5,12-14H2/t20-/m1/s1. The normalized spacial score (nSPS) is 18.8. The molecule has 1 saturated carbocycles. The highest BCUT2D eigenvalue weighted by atomic mass is 35.5. The largest absolute Gasteiger partial charge is 0.416 e. The second-order valence-corrected chi connectivity index (χ2v) is 8.46. The number of amides is 1. The molecule has 0 saturated heterocycles. The van der Waals surface area contributed by atoms with Gasteiger partial charge in [-0.05, 0) is 48.2 Å². The molecule has 2 aromatic rings. The van der Waals surface area contributed by atoms with Crippen molar-refractivity contribution in [1.82, 2.24) is 4.90 Å². The number of benzene rings is 2. The van der Waals surface area contributed by atoms with E-state index in [2.05, 4.69) is 5.16 Å². The highest BCUT2D eigenvalue weighted by molar-refractivity contribution is 6.30. The molecule has 164 valence electrons. The zero-order chi connectivity index (χ0) is 22.0. The van der Waals surface area contributed by atoms with Crippen LogP contribution in [0.2, 0.25) is 5.02 Å². The molecule has 2 aliphatic rings. The average Bonchev–Trinajstić information content (AvgIpc) is 3.15. The predicted octanol–water partition coefficient (Wildman–Crippen LogP) is 5.68. The van der Waals surface area contributed by atoms with Crippen molar-refractivity contribution < 1.29 is 22.8 Å². The van der Waals surface area contributed by atoms with Gasteiger partial charge in [-0.15, -0.1) is 0 Å². The van der Waals surface area contributed by atoms with Gasteiger partial charge in [-0.1, -0.05) is 47.4 Å². The minimum Gasteiger partial charge on any atom is -0.390 e. The van der Waals surface area contributed by atoms with Crippen molar-refractivity contribution in [2.75, 3.05) is 6.54 Å². The molecule has 2 aromatic carbocycles. The topological polar surface area (TPSA) is 41.9 Å². The van der Waals surface area contributed by atoms with Gasteiger partial charge in [0.15, 0.2) is 6.10 Å². The van der Waals surface area contributed by atoms with E-state index < -0.39 is 11.7 Å². The molecule has 4 rings (SSSR count). The Morgan fingerprint density at radius 2 is 1.90 bits per heavy atom. The van der Waals surface area contributed by atoms with Crippen LogP contribution in [0.15, 0.2) is 53.7 Å². The highest BCUT2D eigenvalue weighted by Crippen LogP contribution is 2.32. The lowest BCUT2D eigenvalue weighted by Crippen LogP contribution is -2.42. The SMILES string of the molecule is O=C(C1CCC1)N(Cc1cccc(C(F)(F)F)c1)C[C@H]1CC(c2ccc(Cl)cc2)=NO1. The summed E-state index contributed by atoms with van der Waals surface area (Å²) in [4.78, 5) is 20.2.